The van der Waals surface area contributed by atoms with Crippen molar-refractivity contribution < 1.29 is 4.79 Å². The third kappa shape index (κ3) is 5.79. The molecule has 1 amide bonds. The summed E-state index contributed by atoms with van der Waals surface area (Å²) in [5, 5.41) is 6.91. The molecule has 0 saturated heterocycles. The van der Waals surface area contributed by atoms with E-state index in [2.05, 4.69) is 26.6 Å². The van der Waals surface area contributed by atoms with E-state index in [0.717, 1.165) is 28.1 Å². The monoisotopic (exact) mass is 380 g/mol. The van der Waals surface area contributed by atoms with Gasteiger partial charge in [-0.3, -0.25) is 4.79 Å². The fraction of sp³-hybridized carbons (Fsp3) is 0.235. The molecule has 0 saturated carbocycles. The maximum atomic E-state index is 11.8. The van der Waals surface area contributed by atoms with E-state index in [4.69, 9.17) is 11.6 Å². The minimum absolute atomic E-state index is 0.00546. The Balaban J connectivity index is 1.63. The smallest absolute Gasteiger partial charge is 0.225 e. The lowest BCUT2D eigenvalue weighted by Gasteiger charge is -2.08. The molecule has 5 heteroatoms. The molecule has 2 aromatic carbocycles. The Hall–Kier alpha value is -1.36. The Labute approximate surface area is 144 Å². The van der Waals surface area contributed by atoms with Crippen LogP contribution in [0.25, 0.3) is 0 Å². The maximum absolute atomic E-state index is 11.8. The standard InChI is InChI=1S/C17H18BrClN2O/c18-15-3-1-2-4-16(15)21-17(22)10-12-20-11-9-13-5-7-14(19)8-6-13/h1-8,20H,9-12H2,(H,21,22). The maximum Gasteiger partial charge on any atom is 0.225 e. The molecule has 3 nitrogen and oxygen atoms in total. The van der Waals surface area contributed by atoms with E-state index < -0.39 is 0 Å². The van der Waals surface area contributed by atoms with E-state index in [1.807, 2.05) is 48.5 Å². The lowest BCUT2D eigenvalue weighted by Crippen LogP contribution is -2.23. The summed E-state index contributed by atoms with van der Waals surface area (Å²) >= 11 is 9.25. The molecule has 0 aliphatic heterocycles. The third-order valence-corrected chi connectivity index (χ3v) is 4.12. The van der Waals surface area contributed by atoms with Crippen molar-refractivity contribution in [2.75, 3.05) is 18.4 Å². The molecule has 0 fully saturated rings. The molecule has 0 spiro atoms. The predicted molar refractivity (Wildman–Crippen MR) is 95.4 cm³/mol. The van der Waals surface area contributed by atoms with Gasteiger partial charge in [-0.15, -0.1) is 0 Å². The highest BCUT2D eigenvalue weighted by Crippen LogP contribution is 2.21. The van der Waals surface area contributed by atoms with Crippen LogP contribution in [-0.2, 0) is 11.2 Å². The molecule has 0 bridgehead atoms. The van der Waals surface area contributed by atoms with Crippen molar-refractivity contribution in [2.24, 2.45) is 0 Å². The van der Waals surface area contributed by atoms with Gasteiger partial charge in [0.2, 0.25) is 5.91 Å². The molecule has 0 aliphatic carbocycles. The minimum atomic E-state index is 0.00546. The average molecular weight is 382 g/mol. The van der Waals surface area contributed by atoms with Crippen molar-refractivity contribution in [3.63, 3.8) is 0 Å². The van der Waals surface area contributed by atoms with Crippen LogP contribution in [0.5, 0.6) is 0 Å². The summed E-state index contributed by atoms with van der Waals surface area (Å²) in [7, 11) is 0. The molecule has 2 aromatic rings. The van der Waals surface area contributed by atoms with E-state index in [9.17, 15) is 4.79 Å². The van der Waals surface area contributed by atoms with Gasteiger partial charge in [0.1, 0.15) is 0 Å². The Morgan fingerprint density at radius 2 is 1.77 bits per heavy atom. The van der Waals surface area contributed by atoms with Crippen molar-refractivity contribution in [1.29, 1.82) is 0 Å². The highest BCUT2D eigenvalue weighted by atomic mass is 79.9. The van der Waals surface area contributed by atoms with E-state index >= 15 is 0 Å². The summed E-state index contributed by atoms with van der Waals surface area (Å²) in [5.41, 5.74) is 2.03. The molecule has 2 N–H and O–H groups in total. The van der Waals surface area contributed by atoms with Crippen LogP contribution >= 0.6 is 27.5 Å². The van der Waals surface area contributed by atoms with Crippen molar-refractivity contribution >= 4 is 39.1 Å². The SMILES string of the molecule is O=C(CCNCCc1ccc(Cl)cc1)Nc1ccccc1Br. The van der Waals surface area contributed by atoms with Crippen LogP contribution < -0.4 is 10.6 Å². The first kappa shape index (κ1) is 17.0. The second-order valence-corrected chi connectivity index (χ2v) is 6.20. The van der Waals surface area contributed by atoms with E-state index in [1.165, 1.54) is 5.56 Å². The molecule has 0 aliphatic rings. The zero-order valence-corrected chi connectivity index (χ0v) is 14.5. The molecule has 0 unspecified atom stereocenters. The largest absolute Gasteiger partial charge is 0.325 e. The summed E-state index contributed by atoms with van der Waals surface area (Å²) in [6.45, 7) is 1.49. The minimum Gasteiger partial charge on any atom is -0.325 e. The number of carbonyl (C=O) groups is 1. The third-order valence-electron chi connectivity index (χ3n) is 3.18. The lowest BCUT2D eigenvalue weighted by atomic mass is 10.1. The summed E-state index contributed by atoms with van der Waals surface area (Å²) in [6.07, 6.45) is 1.37. The molecular weight excluding hydrogens is 364 g/mol. The van der Waals surface area contributed by atoms with E-state index in [-0.39, 0.29) is 5.91 Å². The predicted octanol–water partition coefficient (Wildman–Crippen LogP) is 4.26. The van der Waals surface area contributed by atoms with Gasteiger partial charge in [-0.25, -0.2) is 0 Å². The Bertz CT molecular complexity index is 616. The Kier molecular flexibility index (Phi) is 6.90. The Morgan fingerprint density at radius 1 is 1.05 bits per heavy atom. The molecular formula is C17H18BrClN2O. The van der Waals surface area contributed by atoms with Gasteiger partial charge in [0.25, 0.3) is 0 Å². The normalized spacial score (nSPS) is 10.5. The number of anilines is 1. The van der Waals surface area contributed by atoms with Gasteiger partial charge in [0.15, 0.2) is 0 Å². The molecule has 116 valence electrons. The van der Waals surface area contributed by atoms with Gasteiger partial charge in [0.05, 0.1) is 5.69 Å². The van der Waals surface area contributed by atoms with Crippen LogP contribution in [0.3, 0.4) is 0 Å². The van der Waals surface area contributed by atoms with Gasteiger partial charge in [0, 0.05) is 22.5 Å². The van der Waals surface area contributed by atoms with Crippen molar-refractivity contribution in [2.45, 2.75) is 12.8 Å². The lowest BCUT2D eigenvalue weighted by molar-refractivity contribution is -0.116. The fourth-order valence-electron chi connectivity index (χ4n) is 1.99. The molecule has 0 aromatic heterocycles. The molecule has 0 atom stereocenters. The van der Waals surface area contributed by atoms with E-state index in [1.54, 1.807) is 0 Å². The molecule has 2 rings (SSSR count). The number of carbonyl (C=O) groups excluding carboxylic acids is 1. The van der Waals surface area contributed by atoms with Crippen LogP contribution in [0.15, 0.2) is 53.0 Å². The first-order valence-corrected chi connectivity index (χ1v) is 8.32. The van der Waals surface area contributed by atoms with Crippen LogP contribution in [0.4, 0.5) is 5.69 Å². The Morgan fingerprint density at radius 3 is 2.50 bits per heavy atom. The van der Waals surface area contributed by atoms with Gasteiger partial charge >= 0.3 is 0 Å². The summed E-state index contributed by atoms with van der Waals surface area (Å²) < 4.78 is 0.888. The zero-order chi connectivity index (χ0) is 15.8. The number of amides is 1. The summed E-state index contributed by atoms with van der Waals surface area (Å²) in [5.74, 6) is 0.00546. The highest BCUT2D eigenvalue weighted by molar-refractivity contribution is 9.10. The quantitative estimate of drug-likeness (QED) is 0.704. The van der Waals surface area contributed by atoms with Crippen molar-refractivity contribution in [3.8, 4) is 0 Å². The number of hydrogen-bond acceptors (Lipinski definition) is 2. The topological polar surface area (TPSA) is 41.1 Å². The number of para-hydroxylation sites is 1. The first-order chi connectivity index (χ1) is 10.6. The second kappa shape index (κ2) is 8.93. The summed E-state index contributed by atoms with van der Waals surface area (Å²) in [4.78, 5) is 11.8. The molecule has 0 radical (unpaired) electrons. The van der Waals surface area contributed by atoms with Gasteiger partial charge in [-0.05, 0) is 58.7 Å². The number of benzene rings is 2. The van der Waals surface area contributed by atoms with Crippen molar-refractivity contribution in [1.82, 2.24) is 5.32 Å². The van der Waals surface area contributed by atoms with Crippen LogP contribution in [0.2, 0.25) is 5.02 Å². The van der Waals surface area contributed by atoms with Gasteiger partial charge in [-0.1, -0.05) is 35.9 Å². The zero-order valence-electron chi connectivity index (χ0n) is 12.1. The van der Waals surface area contributed by atoms with Crippen LogP contribution in [0.1, 0.15) is 12.0 Å². The molecule has 22 heavy (non-hydrogen) atoms. The van der Waals surface area contributed by atoms with Crippen molar-refractivity contribution in [3.05, 3.63) is 63.6 Å². The van der Waals surface area contributed by atoms with Gasteiger partial charge in [-0.2, -0.15) is 0 Å². The number of hydrogen-bond donors (Lipinski definition) is 2. The number of nitrogens with one attached hydrogen (secondary N) is 2. The number of rotatable bonds is 7. The van der Waals surface area contributed by atoms with Crippen LogP contribution in [0, 0.1) is 0 Å². The van der Waals surface area contributed by atoms with Crippen LogP contribution in [-0.4, -0.2) is 19.0 Å². The second-order valence-electron chi connectivity index (χ2n) is 4.90. The fourth-order valence-corrected chi connectivity index (χ4v) is 2.50. The number of halogens is 2. The van der Waals surface area contributed by atoms with Gasteiger partial charge < -0.3 is 10.6 Å². The average Bonchev–Trinajstić information content (AvgIpc) is 2.51. The van der Waals surface area contributed by atoms with E-state index in [0.29, 0.717) is 13.0 Å². The highest BCUT2D eigenvalue weighted by Gasteiger charge is 2.04. The molecule has 0 heterocycles. The first-order valence-electron chi connectivity index (χ1n) is 7.15. The summed E-state index contributed by atoms with van der Waals surface area (Å²) in [6, 6.07) is 15.4.